The molecule has 2 aromatic carbocycles. The van der Waals surface area contributed by atoms with Gasteiger partial charge in [-0.3, -0.25) is 9.59 Å². The van der Waals surface area contributed by atoms with Gasteiger partial charge in [0.1, 0.15) is 17.7 Å². The highest BCUT2D eigenvalue weighted by molar-refractivity contribution is 5.99. The van der Waals surface area contributed by atoms with Crippen molar-refractivity contribution in [3.8, 4) is 12.3 Å². The Labute approximate surface area is 227 Å². The third-order valence-corrected chi connectivity index (χ3v) is 5.85. The molecular weight excluding hydrogens is 478 g/mol. The Kier molecular flexibility index (Phi) is 10.5. The fourth-order valence-electron chi connectivity index (χ4n) is 4.20. The number of terminal acetylenes is 1. The first-order valence-corrected chi connectivity index (χ1v) is 13.0. The van der Waals surface area contributed by atoms with Crippen molar-refractivity contribution in [1.82, 2.24) is 10.2 Å². The van der Waals surface area contributed by atoms with E-state index in [4.69, 9.17) is 11.2 Å². The maximum Gasteiger partial charge on any atom is 0.408 e. The summed E-state index contributed by atoms with van der Waals surface area (Å²) in [6.45, 7) is 14.8. The summed E-state index contributed by atoms with van der Waals surface area (Å²) in [5.74, 6) is 1.95. The van der Waals surface area contributed by atoms with Gasteiger partial charge < -0.3 is 20.3 Å². The third-order valence-electron chi connectivity index (χ3n) is 5.85. The van der Waals surface area contributed by atoms with Gasteiger partial charge in [-0.15, -0.1) is 6.42 Å². The van der Waals surface area contributed by atoms with E-state index in [2.05, 4.69) is 16.6 Å². The predicted molar refractivity (Wildman–Crippen MR) is 152 cm³/mol. The number of carbonyl (C=O) groups excluding carboxylic acids is 3. The average molecular weight is 520 g/mol. The minimum absolute atomic E-state index is 0.0881. The molecule has 2 atom stereocenters. The van der Waals surface area contributed by atoms with Gasteiger partial charge in [0.25, 0.3) is 5.91 Å². The number of amides is 3. The van der Waals surface area contributed by atoms with E-state index >= 15 is 0 Å². The van der Waals surface area contributed by atoms with Crippen LogP contribution in [0.25, 0.3) is 0 Å². The molecule has 38 heavy (non-hydrogen) atoms. The van der Waals surface area contributed by atoms with Crippen LogP contribution < -0.4 is 10.6 Å². The first-order chi connectivity index (χ1) is 17.7. The lowest BCUT2D eigenvalue weighted by Gasteiger charge is -2.38. The summed E-state index contributed by atoms with van der Waals surface area (Å²) >= 11 is 0. The van der Waals surface area contributed by atoms with Crippen LogP contribution >= 0.6 is 0 Å². The number of aryl methyl sites for hydroxylation is 1. The number of hydrogen-bond donors (Lipinski definition) is 2. The van der Waals surface area contributed by atoms with Gasteiger partial charge in [0.05, 0.1) is 0 Å². The summed E-state index contributed by atoms with van der Waals surface area (Å²) in [4.78, 5) is 42.3. The van der Waals surface area contributed by atoms with Crippen LogP contribution in [0.15, 0.2) is 48.5 Å². The summed E-state index contributed by atoms with van der Waals surface area (Å²) in [7, 11) is 0. The van der Waals surface area contributed by atoms with E-state index in [9.17, 15) is 14.4 Å². The smallest absolute Gasteiger partial charge is 0.408 e. The SMILES string of the molecule is C#Cc1ccccc1C(C(=O)Nc1ccccc1C)N(C(=O)C(CC(C)C)NC(=O)OC(C)(C)C)C(C)C. The minimum Gasteiger partial charge on any atom is -0.444 e. The molecule has 2 N–H and O–H groups in total. The van der Waals surface area contributed by atoms with Crippen LogP contribution in [-0.4, -0.2) is 40.5 Å². The third kappa shape index (κ3) is 8.37. The van der Waals surface area contributed by atoms with Gasteiger partial charge in [-0.1, -0.05) is 56.2 Å². The summed E-state index contributed by atoms with van der Waals surface area (Å²) in [6.07, 6.45) is 5.48. The number of benzene rings is 2. The number of rotatable bonds is 9. The summed E-state index contributed by atoms with van der Waals surface area (Å²) < 4.78 is 5.43. The minimum atomic E-state index is -1.04. The Balaban J connectivity index is 2.59. The highest BCUT2D eigenvalue weighted by atomic mass is 16.6. The zero-order valence-corrected chi connectivity index (χ0v) is 23.8. The van der Waals surface area contributed by atoms with Crippen LogP contribution in [0.3, 0.4) is 0 Å². The Morgan fingerprint density at radius 1 is 1.00 bits per heavy atom. The highest BCUT2D eigenvalue weighted by Crippen LogP contribution is 2.30. The molecule has 204 valence electrons. The molecule has 0 radical (unpaired) electrons. The van der Waals surface area contributed by atoms with E-state index < -0.39 is 41.6 Å². The van der Waals surface area contributed by atoms with E-state index in [1.165, 1.54) is 4.90 Å². The monoisotopic (exact) mass is 519 g/mol. The Morgan fingerprint density at radius 3 is 2.16 bits per heavy atom. The zero-order valence-electron chi connectivity index (χ0n) is 23.8. The number of nitrogens with zero attached hydrogens (tertiary/aromatic N) is 1. The number of para-hydroxylation sites is 1. The molecule has 0 bridgehead atoms. The molecule has 3 amide bonds. The van der Waals surface area contributed by atoms with E-state index in [1.54, 1.807) is 45.0 Å². The van der Waals surface area contributed by atoms with Crippen LogP contribution in [0.2, 0.25) is 0 Å². The van der Waals surface area contributed by atoms with Crippen LogP contribution in [0, 0.1) is 25.2 Å². The molecule has 0 aromatic heterocycles. The molecule has 2 unspecified atom stereocenters. The van der Waals surface area contributed by atoms with Crippen molar-refractivity contribution in [2.45, 2.75) is 85.5 Å². The van der Waals surface area contributed by atoms with Gasteiger partial charge in [0.2, 0.25) is 5.91 Å². The second-order valence-electron chi connectivity index (χ2n) is 11.1. The normalized spacial score (nSPS) is 12.9. The highest BCUT2D eigenvalue weighted by Gasteiger charge is 2.39. The fourth-order valence-corrected chi connectivity index (χ4v) is 4.20. The maximum absolute atomic E-state index is 14.2. The lowest BCUT2D eigenvalue weighted by Crippen LogP contribution is -2.54. The van der Waals surface area contributed by atoms with Crippen LogP contribution in [0.4, 0.5) is 10.5 Å². The molecule has 0 spiro atoms. The lowest BCUT2D eigenvalue weighted by molar-refractivity contribution is -0.143. The van der Waals surface area contributed by atoms with Crippen molar-refractivity contribution in [3.05, 3.63) is 65.2 Å². The topological polar surface area (TPSA) is 87.7 Å². The molecule has 0 saturated carbocycles. The first kappa shape index (κ1) is 30.4. The van der Waals surface area contributed by atoms with Gasteiger partial charge >= 0.3 is 6.09 Å². The lowest BCUT2D eigenvalue weighted by atomic mass is 9.95. The van der Waals surface area contributed by atoms with Gasteiger partial charge in [-0.05, 0) is 77.1 Å². The molecule has 0 heterocycles. The second-order valence-corrected chi connectivity index (χ2v) is 11.1. The molecular formula is C31H41N3O4. The molecule has 0 aliphatic heterocycles. The van der Waals surface area contributed by atoms with Crippen molar-refractivity contribution in [1.29, 1.82) is 0 Å². The molecule has 0 aliphatic carbocycles. The van der Waals surface area contributed by atoms with Gasteiger partial charge in [0, 0.05) is 17.3 Å². The predicted octanol–water partition coefficient (Wildman–Crippen LogP) is 5.83. The van der Waals surface area contributed by atoms with Gasteiger partial charge in [-0.25, -0.2) is 4.79 Å². The van der Waals surface area contributed by atoms with Crippen LogP contribution in [0.5, 0.6) is 0 Å². The Morgan fingerprint density at radius 2 is 1.61 bits per heavy atom. The van der Waals surface area contributed by atoms with Crippen molar-refractivity contribution in [2.75, 3.05) is 5.32 Å². The quantitative estimate of drug-likeness (QED) is 0.408. The first-order valence-electron chi connectivity index (χ1n) is 13.0. The van der Waals surface area contributed by atoms with Crippen LogP contribution in [0.1, 0.15) is 77.6 Å². The molecule has 0 aliphatic rings. The van der Waals surface area contributed by atoms with E-state index in [-0.39, 0.29) is 5.92 Å². The number of ether oxygens (including phenoxy) is 1. The standard InChI is InChI=1S/C31H41N3O4/c1-10-23-16-12-13-17-24(23)27(28(35)32-25-18-14-11-15-22(25)6)34(21(4)5)29(36)26(19-20(2)3)33-30(37)38-31(7,8)9/h1,11-18,20-21,26-27H,19H2,2-9H3,(H,32,35)(H,33,37). The molecule has 2 aromatic rings. The number of anilines is 1. The molecule has 7 heteroatoms. The zero-order chi connectivity index (χ0) is 28.6. The average Bonchev–Trinajstić information content (AvgIpc) is 2.81. The van der Waals surface area contributed by atoms with Gasteiger partial charge in [0.15, 0.2) is 0 Å². The summed E-state index contributed by atoms with van der Waals surface area (Å²) in [5.41, 5.74) is 1.84. The molecule has 7 nitrogen and oxygen atoms in total. The molecule has 0 fully saturated rings. The Hall–Kier alpha value is -3.79. The van der Waals surface area contributed by atoms with Crippen molar-refractivity contribution < 1.29 is 19.1 Å². The second kappa shape index (κ2) is 13.1. The largest absolute Gasteiger partial charge is 0.444 e. The Bertz CT molecular complexity index is 1170. The van der Waals surface area contributed by atoms with Crippen LogP contribution in [-0.2, 0) is 14.3 Å². The van der Waals surface area contributed by atoms with E-state index in [0.29, 0.717) is 23.2 Å². The summed E-state index contributed by atoms with van der Waals surface area (Å²) in [5, 5.41) is 5.74. The van der Waals surface area contributed by atoms with E-state index in [0.717, 1.165) is 5.56 Å². The van der Waals surface area contributed by atoms with E-state index in [1.807, 2.05) is 58.9 Å². The number of nitrogens with one attached hydrogen (secondary N) is 2. The van der Waals surface area contributed by atoms with Crippen molar-refractivity contribution in [3.63, 3.8) is 0 Å². The number of carbonyl (C=O) groups is 3. The van der Waals surface area contributed by atoms with Gasteiger partial charge in [-0.2, -0.15) is 0 Å². The number of hydrogen-bond acceptors (Lipinski definition) is 4. The van der Waals surface area contributed by atoms with Crippen molar-refractivity contribution >= 4 is 23.6 Å². The fraction of sp³-hybridized carbons (Fsp3) is 0.452. The maximum atomic E-state index is 14.2. The number of alkyl carbamates (subject to hydrolysis) is 1. The summed E-state index contributed by atoms with van der Waals surface area (Å²) in [6, 6.07) is 12.2. The molecule has 0 saturated heterocycles. The van der Waals surface area contributed by atoms with Crippen molar-refractivity contribution in [2.24, 2.45) is 5.92 Å². The molecule has 2 rings (SSSR count).